The molecule has 2 heteroatoms. The molecule has 2 nitrogen and oxygen atoms in total. The van der Waals surface area contributed by atoms with Crippen LogP contribution in [-0.4, -0.2) is 25.4 Å². The highest BCUT2D eigenvalue weighted by Gasteiger charge is 2.33. The van der Waals surface area contributed by atoms with Crippen molar-refractivity contribution in [2.24, 2.45) is 0 Å². The molecule has 2 saturated heterocycles. The molecular formula is C6H10O2. The van der Waals surface area contributed by atoms with Crippen LogP contribution in [0.1, 0.15) is 12.8 Å². The van der Waals surface area contributed by atoms with Crippen molar-refractivity contribution in [1.29, 1.82) is 0 Å². The molecule has 2 rings (SSSR count). The van der Waals surface area contributed by atoms with Crippen molar-refractivity contribution >= 4 is 0 Å². The van der Waals surface area contributed by atoms with Crippen molar-refractivity contribution in [2.45, 2.75) is 25.0 Å². The zero-order valence-corrected chi connectivity index (χ0v) is 4.80. The molecular weight excluding hydrogens is 104 g/mol. The van der Waals surface area contributed by atoms with Crippen molar-refractivity contribution in [2.75, 3.05) is 13.2 Å². The Morgan fingerprint density at radius 1 is 0.875 bits per heavy atom. The molecule has 2 heterocycles. The Labute approximate surface area is 48.8 Å². The first-order chi connectivity index (χ1) is 3.97. The van der Waals surface area contributed by atoms with E-state index in [1.54, 1.807) is 0 Å². The van der Waals surface area contributed by atoms with Crippen molar-refractivity contribution in [1.82, 2.24) is 0 Å². The molecule has 8 heavy (non-hydrogen) atoms. The molecule has 0 N–H and O–H groups in total. The lowest BCUT2D eigenvalue weighted by molar-refractivity contribution is 0.0732. The summed E-state index contributed by atoms with van der Waals surface area (Å²) in [6.07, 6.45) is 3.14. The second-order valence-electron chi connectivity index (χ2n) is 2.40. The summed E-state index contributed by atoms with van der Waals surface area (Å²) in [5.74, 6) is 0. The highest BCUT2D eigenvalue weighted by atomic mass is 16.6. The van der Waals surface area contributed by atoms with E-state index >= 15 is 0 Å². The van der Waals surface area contributed by atoms with Gasteiger partial charge in [0, 0.05) is 13.2 Å². The monoisotopic (exact) mass is 114 g/mol. The molecule has 0 amide bonds. The van der Waals surface area contributed by atoms with Gasteiger partial charge in [-0.2, -0.15) is 0 Å². The molecule has 0 saturated carbocycles. The predicted octanol–water partition coefficient (Wildman–Crippen LogP) is 0.564. The molecule has 1 unspecified atom stereocenters. The van der Waals surface area contributed by atoms with E-state index in [-0.39, 0.29) is 0 Å². The van der Waals surface area contributed by atoms with E-state index in [1.807, 2.05) is 0 Å². The van der Waals surface area contributed by atoms with Crippen LogP contribution in [-0.2, 0) is 9.47 Å². The normalized spacial score (nSPS) is 45.0. The van der Waals surface area contributed by atoms with Crippen LogP contribution >= 0.6 is 0 Å². The molecule has 2 fully saturated rings. The van der Waals surface area contributed by atoms with Crippen molar-refractivity contribution in [3.63, 3.8) is 0 Å². The quantitative estimate of drug-likeness (QED) is 0.458. The summed E-state index contributed by atoms with van der Waals surface area (Å²) in [6.45, 7) is 1.82. The van der Waals surface area contributed by atoms with Gasteiger partial charge in [0.05, 0.1) is 12.2 Å². The third kappa shape index (κ3) is 0.565. The van der Waals surface area contributed by atoms with Gasteiger partial charge in [-0.3, -0.25) is 0 Å². The summed E-state index contributed by atoms with van der Waals surface area (Å²) in [7, 11) is 0. The van der Waals surface area contributed by atoms with Gasteiger partial charge in [-0.05, 0) is 12.8 Å². The van der Waals surface area contributed by atoms with Crippen LogP contribution in [0.5, 0.6) is 0 Å². The minimum absolute atomic E-state index is 0.454. The molecule has 0 spiro atoms. The van der Waals surface area contributed by atoms with E-state index in [1.165, 1.54) is 0 Å². The van der Waals surface area contributed by atoms with E-state index in [2.05, 4.69) is 0 Å². The molecule has 0 aromatic carbocycles. The van der Waals surface area contributed by atoms with Crippen LogP contribution in [0.25, 0.3) is 0 Å². The van der Waals surface area contributed by atoms with E-state index in [9.17, 15) is 0 Å². The first kappa shape index (κ1) is 4.77. The summed E-state index contributed by atoms with van der Waals surface area (Å²) in [6, 6.07) is 0. The lowest BCUT2D eigenvalue weighted by Gasteiger charge is -2.03. The summed E-state index contributed by atoms with van der Waals surface area (Å²) in [4.78, 5) is 0. The van der Waals surface area contributed by atoms with Gasteiger partial charge in [0.25, 0.3) is 0 Å². The molecule has 0 aromatic rings. The predicted molar refractivity (Wildman–Crippen MR) is 28.7 cm³/mol. The van der Waals surface area contributed by atoms with E-state index in [0.29, 0.717) is 12.2 Å². The minimum atomic E-state index is 0.454. The molecule has 0 aliphatic carbocycles. The smallest absolute Gasteiger partial charge is 0.0859 e. The van der Waals surface area contributed by atoms with E-state index in [4.69, 9.17) is 9.47 Å². The van der Waals surface area contributed by atoms with Crippen molar-refractivity contribution < 1.29 is 9.47 Å². The van der Waals surface area contributed by atoms with Crippen LogP contribution < -0.4 is 0 Å². The maximum absolute atomic E-state index is 5.35. The maximum atomic E-state index is 5.35. The Morgan fingerprint density at radius 3 is 1.88 bits per heavy atom. The lowest BCUT2D eigenvalue weighted by Crippen LogP contribution is -2.13. The largest absolute Gasteiger partial charge is 0.375 e. The van der Waals surface area contributed by atoms with Gasteiger partial charge in [0.15, 0.2) is 0 Å². The number of fused-ring (bicyclic) bond motifs is 1. The van der Waals surface area contributed by atoms with Gasteiger partial charge >= 0.3 is 0 Å². The molecule has 0 bridgehead atoms. The Balaban J connectivity index is 2.04. The summed E-state index contributed by atoms with van der Waals surface area (Å²) in [5, 5.41) is 0. The molecule has 0 aromatic heterocycles. The third-order valence-corrected chi connectivity index (χ3v) is 1.88. The Kier molecular flexibility index (Phi) is 1.02. The average molecular weight is 114 g/mol. The Hall–Kier alpha value is -0.0800. The molecule has 2 atom stereocenters. The van der Waals surface area contributed by atoms with Gasteiger partial charge in [0.2, 0.25) is 0 Å². The van der Waals surface area contributed by atoms with Gasteiger partial charge in [0.1, 0.15) is 0 Å². The van der Waals surface area contributed by atoms with Gasteiger partial charge in [-0.1, -0.05) is 0 Å². The summed E-state index contributed by atoms with van der Waals surface area (Å²) < 4.78 is 10.7. The summed E-state index contributed by atoms with van der Waals surface area (Å²) in [5.41, 5.74) is 0. The van der Waals surface area contributed by atoms with Crippen molar-refractivity contribution in [3.05, 3.63) is 0 Å². The Morgan fingerprint density at radius 2 is 1.38 bits per heavy atom. The standard InChI is InChI=1S/C6H10O2/c1-3-7-6-2-4-8-5(1)6/h5-6H,1-4H2/t5-,6?/m1/s1. The number of ether oxygens (including phenoxy) is 2. The SMILES string of the molecule is C1C[C@H]2OCCC2O1. The molecule has 0 radical (unpaired) electrons. The maximum Gasteiger partial charge on any atom is 0.0859 e. The van der Waals surface area contributed by atoms with E-state index in [0.717, 1.165) is 26.1 Å². The van der Waals surface area contributed by atoms with Gasteiger partial charge in [-0.15, -0.1) is 0 Å². The topological polar surface area (TPSA) is 18.5 Å². The van der Waals surface area contributed by atoms with E-state index < -0.39 is 0 Å². The number of hydrogen-bond donors (Lipinski definition) is 0. The number of rotatable bonds is 0. The summed E-state index contributed by atoms with van der Waals surface area (Å²) >= 11 is 0. The average Bonchev–Trinajstić information content (AvgIpc) is 2.15. The second kappa shape index (κ2) is 1.71. The van der Waals surface area contributed by atoms with Gasteiger partial charge in [-0.25, -0.2) is 0 Å². The second-order valence-corrected chi connectivity index (χ2v) is 2.40. The van der Waals surface area contributed by atoms with Crippen LogP contribution in [0.3, 0.4) is 0 Å². The van der Waals surface area contributed by atoms with Crippen LogP contribution in [0, 0.1) is 0 Å². The Bertz CT molecular complexity index is 72.5. The van der Waals surface area contributed by atoms with Crippen LogP contribution in [0.2, 0.25) is 0 Å². The molecule has 2 aliphatic rings. The molecule has 2 aliphatic heterocycles. The number of hydrogen-bond acceptors (Lipinski definition) is 2. The minimum Gasteiger partial charge on any atom is -0.375 e. The van der Waals surface area contributed by atoms with Gasteiger partial charge < -0.3 is 9.47 Å². The fraction of sp³-hybridized carbons (Fsp3) is 1.00. The van der Waals surface area contributed by atoms with Crippen molar-refractivity contribution in [3.8, 4) is 0 Å². The first-order valence-corrected chi connectivity index (χ1v) is 3.20. The first-order valence-electron chi connectivity index (χ1n) is 3.20. The van der Waals surface area contributed by atoms with Crippen LogP contribution in [0.15, 0.2) is 0 Å². The lowest BCUT2D eigenvalue weighted by atomic mass is 10.2. The zero-order chi connectivity index (χ0) is 5.40. The third-order valence-electron chi connectivity index (χ3n) is 1.88. The van der Waals surface area contributed by atoms with Crippen LogP contribution in [0.4, 0.5) is 0 Å². The fourth-order valence-corrected chi connectivity index (χ4v) is 1.42. The molecule has 46 valence electrons. The highest BCUT2D eigenvalue weighted by molar-refractivity contribution is 4.81. The zero-order valence-electron chi connectivity index (χ0n) is 4.80. The fourth-order valence-electron chi connectivity index (χ4n) is 1.42. The highest BCUT2D eigenvalue weighted by Crippen LogP contribution is 2.25.